The van der Waals surface area contributed by atoms with Gasteiger partial charge in [-0.15, -0.1) is 11.3 Å². The molecule has 0 radical (unpaired) electrons. The zero-order chi connectivity index (χ0) is 15.0. The molecule has 0 bridgehead atoms. The first kappa shape index (κ1) is 14.9. The van der Waals surface area contributed by atoms with Crippen LogP contribution in [-0.2, 0) is 9.84 Å². The number of rotatable bonds is 3. The molecular weight excluding hydrogens is 326 g/mol. The molecule has 1 saturated heterocycles. The molecular formula is C13H17N3O2S3. The van der Waals surface area contributed by atoms with Crippen molar-refractivity contribution in [2.45, 2.75) is 12.3 Å². The maximum Gasteiger partial charge on any atom is 0.171 e. The van der Waals surface area contributed by atoms with Gasteiger partial charge in [-0.25, -0.2) is 13.4 Å². The molecule has 2 heterocycles. The summed E-state index contributed by atoms with van der Waals surface area (Å²) in [4.78, 5) is 6.23. The Labute approximate surface area is 132 Å². The van der Waals surface area contributed by atoms with E-state index in [1.165, 1.54) is 11.3 Å². The van der Waals surface area contributed by atoms with Crippen LogP contribution in [0.25, 0.3) is 10.2 Å². The summed E-state index contributed by atoms with van der Waals surface area (Å²) in [6.07, 6.45) is 0. The van der Waals surface area contributed by atoms with Gasteiger partial charge in [0.15, 0.2) is 9.84 Å². The molecule has 0 saturated carbocycles. The van der Waals surface area contributed by atoms with Crippen LogP contribution in [0.5, 0.6) is 0 Å². The fourth-order valence-electron chi connectivity index (χ4n) is 2.54. The average molecular weight is 343 g/mol. The van der Waals surface area contributed by atoms with Gasteiger partial charge in [-0.05, 0) is 12.1 Å². The molecule has 1 aromatic carbocycles. The number of thiazole rings is 1. The second-order valence-corrected chi connectivity index (χ2v) is 9.36. The number of nitrogens with zero attached hydrogens (tertiary/aromatic N) is 2. The molecule has 21 heavy (non-hydrogen) atoms. The van der Waals surface area contributed by atoms with Crippen molar-refractivity contribution in [1.29, 1.82) is 0 Å². The number of aromatic nitrogens is 1. The van der Waals surface area contributed by atoms with Crippen molar-refractivity contribution in [2.24, 2.45) is 0 Å². The molecule has 1 aromatic heterocycles. The van der Waals surface area contributed by atoms with E-state index in [0.29, 0.717) is 18.0 Å². The minimum Gasteiger partial charge on any atom is -0.395 e. The van der Waals surface area contributed by atoms with Crippen LogP contribution in [0.3, 0.4) is 0 Å². The Hall–Kier alpha value is -0.990. The van der Waals surface area contributed by atoms with E-state index in [4.69, 9.17) is 5.73 Å². The predicted molar refractivity (Wildman–Crippen MR) is 92.0 cm³/mol. The van der Waals surface area contributed by atoms with Gasteiger partial charge in [-0.1, -0.05) is 6.92 Å². The fourth-order valence-corrected chi connectivity index (χ4v) is 6.21. The largest absolute Gasteiger partial charge is 0.395 e. The van der Waals surface area contributed by atoms with E-state index in [-0.39, 0.29) is 5.75 Å². The zero-order valence-corrected chi connectivity index (χ0v) is 14.1. The first-order valence-corrected chi connectivity index (χ1v) is 10.5. The Bertz CT molecular complexity index is 757. The molecule has 0 aliphatic carbocycles. The molecule has 2 aromatic rings. The summed E-state index contributed by atoms with van der Waals surface area (Å²) in [5.41, 5.74) is 10.1. The molecule has 5 nitrogen and oxygen atoms in total. The highest BCUT2D eigenvalue weighted by Gasteiger charge is 2.34. The number of thioether (sulfide) groups is 1. The van der Waals surface area contributed by atoms with Crippen LogP contribution in [0.1, 0.15) is 6.92 Å². The Morgan fingerprint density at radius 3 is 3.05 bits per heavy atom. The molecule has 3 rings (SSSR count). The van der Waals surface area contributed by atoms with Gasteiger partial charge in [0.2, 0.25) is 0 Å². The highest BCUT2D eigenvalue weighted by Crippen LogP contribution is 2.36. The van der Waals surface area contributed by atoms with Crippen molar-refractivity contribution in [3.8, 4) is 0 Å². The summed E-state index contributed by atoms with van der Waals surface area (Å²) in [5, 5.41) is -0.500. The molecule has 8 heteroatoms. The molecule has 1 atom stereocenters. The third-order valence-corrected chi connectivity index (χ3v) is 7.81. The summed E-state index contributed by atoms with van der Waals surface area (Å²) in [7, 11) is -3.14. The number of hydrogen-bond donors (Lipinski definition) is 1. The number of nitrogen functional groups attached to an aromatic ring is 1. The highest BCUT2D eigenvalue weighted by atomic mass is 32.2. The number of sulfone groups is 1. The molecule has 1 fully saturated rings. The topological polar surface area (TPSA) is 76.3 Å². The highest BCUT2D eigenvalue weighted by molar-refractivity contribution is 8.01. The lowest BCUT2D eigenvalue weighted by atomic mass is 10.2. The normalized spacial score (nSPS) is 20.0. The van der Waals surface area contributed by atoms with Gasteiger partial charge in [0.1, 0.15) is 10.9 Å². The van der Waals surface area contributed by atoms with E-state index in [1.54, 1.807) is 24.2 Å². The van der Waals surface area contributed by atoms with Crippen molar-refractivity contribution >= 4 is 54.5 Å². The van der Waals surface area contributed by atoms with Gasteiger partial charge in [-0.2, -0.15) is 11.8 Å². The predicted octanol–water partition coefficient (Wildman–Crippen LogP) is 2.19. The van der Waals surface area contributed by atoms with Crippen molar-refractivity contribution < 1.29 is 8.42 Å². The second-order valence-electron chi connectivity index (χ2n) is 4.87. The lowest BCUT2D eigenvalue weighted by molar-refractivity contribution is 0.580. The van der Waals surface area contributed by atoms with Crippen LogP contribution in [0, 0.1) is 0 Å². The molecule has 0 amide bonds. The number of benzene rings is 1. The zero-order valence-electron chi connectivity index (χ0n) is 11.7. The van der Waals surface area contributed by atoms with E-state index < -0.39 is 15.2 Å². The van der Waals surface area contributed by atoms with Gasteiger partial charge >= 0.3 is 0 Å². The van der Waals surface area contributed by atoms with Crippen LogP contribution in [0.15, 0.2) is 17.6 Å². The number of hydrogen-bond acceptors (Lipinski definition) is 7. The minimum atomic E-state index is -3.14. The maximum absolute atomic E-state index is 12.4. The lowest BCUT2D eigenvalue weighted by Crippen LogP contribution is -2.48. The summed E-state index contributed by atoms with van der Waals surface area (Å²) in [6.45, 7) is 2.38. The smallest absolute Gasteiger partial charge is 0.171 e. The summed E-state index contributed by atoms with van der Waals surface area (Å²) in [6, 6.07) is 3.89. The summed E-state index contributed by atoms with van der Waals surface area (Å²) >= 11 is 3.22. The quantitative estimate of drug-likeness (QED) is 0.861. The molecule has 1 unspecified atom stereocenters. The second kappa shape index (κ2) is 5.66. The molecule has 114 valence electrons. The maximum atomic E-state index is 12.4. The Morgan fingerprint density at radius 1 is 1.48 bits per heavy atom. The van der Waals surface area contributed by atoms with Crippen LogP contribution < -0.4 is 10.6 Å². The van der Waals surface area contributed by atoms with Gasteiger partial charge in [0.25, 0.3) is 0 Å². The number of nitrogens with two attached hydrogens (primary N) is 1. The van der Waals surface area contributed by atoms with Crippen LogP contribution in [0.4, 0.5) is 11.4 Å². The van der Waals surface area contributed by atoms with Crippen LogP contribution in [0.2, 0.25) is 0 Å². The van der Waals surface area contributed by atoms with Crippen molar-refractivity contribution in [1.82, 2.24) is 4.98 Å². The molecule has 0 spiro atoms. The molecule has 1 aliphatic heterocycles. The van der Waals surface area contributed by atoms with Gasteiger partial charge in [0, 0.05) is 23.8 Å². The lowest BCUT2D eigenvalue weighted by Gasteiger charge is -2.37. The van der Waals surface area contributed by atoms with Gasteiger partial charge in [-0.3, -0.25) is 0 Å². The Morgan fingerprint density at radius 2 is 2.29 bits per heavy atom. The van der Waals surface area contributed by atoms with Crippen molar-refractivity contribution in [2.75, 3.05) is 34.4 Å². The third kappa shape index (κ3) is 2.60. The van der Waals surface area contributed by atoms with Crippen LogP contribution >= 0.6 is 23.1 Å². The third-order valence-electron chi connectivity index (χ3n) is 3.73. The van der Waals surface area contributed by atoms with Crippen LogP contribution in [-0.4, -0.2) is 42.6 Å². The standard InChI is InChI=1S/C13H17N3O2S3/c1-2-21(17,18)11-7-19-6-5-16(11)9-3-4-10-13(12(9)14)15-8-20-10/h3-4,8,11H,2,5-7,14H2,1H3. The van der Waals surface area contributed by atoms with Gasteiger partial charge < -0.3 is 10.6 Å². The first-order valence-electron chi connectivity index (χ1n) is 6.72. The number of anilines is 2. The summed E-state index contributed by atoms with van der Waals surface area (Å²) < 4.78 is 25.7. The minimum absolute atomic E-state index is 0.146. The van der Waals surface area contributed by atoms with E-state index in [1.807, 2.05) is 17.0 Å². The summed E-state index contributed by atoms with van der Waals surface area (Å²) in [5.74, 6) is 1.64. The van der Waals surface area contributed by atoms with E-state index >= 15 is 0 Å². The van der Waals surface area contributed by atoms with E-state index in [9.17, 15) is 8.42 Å². The SMILES string of the molecule is CCS(=O)(=O)C1CSCCN1c1ccc2scnc2c1N. The fraction of sp³-hybridized carbons (Fsp3) is 0.462. The number of fused-ring (bicyclic) bond motifs is 1. The van der Waals surface area contributed by atoms with E-state index in [0.717, 1.165) is 21.7 Å². The van der Waals surface area contributed by atoms with Crippen molar-refractivity contribution in [3.05, 3.63) is 17.6 Å². The Kier molecular flexibility index (Phi) is 4.02. The Balaban J connectivity index is 2.08. The van der Waals surface area contributed by atoms with Gasteiger partial charge in [0.05, 0.1) is 21.6 Å². The monoisotopic (exact) mass is 343 g/mol. The molecule has 2 N–H and O–H groups in total. The van der Waals surface area contributed by atoms with Crippen molar-refractivity contribution in [3.63, 3.8) is 0 Å². The molecule has 1 aliphatic rings. The first-order chi connectivity index (χ1) is 10.0. The average Bonchev–Trinajstić information content (AvgIpc) is 2.97. The van der Waals surface area contributed by atoms with E-state index in [2.05, 4.69) is 4.98 Å².